The van der Waals surface area contributed by atoms with E-state index in [0.717, 1.165) is 28.7 Å². The predicted octanol–water partition coefficient (Wildman–Crippen LogP) is 2.78. The number of amides is 1. The van der Waals surface area contributed by atoms with E-state index in [2.05, 4.69) is 5.32 Å². The minimum atomic E-state index is -0.247. The molecule has 0 aromatic heterocycles. The number of nitrogens with one attached hydrogen (secondary N) is 1. The van der Waals surface area contributed by atoms with Gasteiger partial charge in [-0.1, -0.05) is 24.3 Å². The largest absolute Gasteiger partial charge is 0.352 e. The lowest BCUT2D eigenvalue weighted by Gasteiger charge is -2.17. The lowest BCUT2D eigenvalue weighted by molar-refractivity contribution is 0.0946. The number of carbonyl (C=O) groups is 1. The summed E-state index contributed by atoms with van der Waals surface area (Å²) in [7, 11) is 0. The van der Waals surface area contributed by atoms with Crippen LogP contribution in [0, 0.1) is 5.82 Å². The number of fused-ring (bicyclic) bond motifs is 1. The van der Waals surface area contributed by atoms with Gasteiger partial charge in [0.05, 0.1) is 0 Å². The maximum absolute atomic E-state index is 13.2. The summed E-state index contributed by atoms with van der Waals surface area (Å²) >= 11 is 0. The third-order valence-corrected chi connectivity index (χ3v) is 3.19. The van der Waals surface area contributed by atoms with Crippen LogP contribution >= 0.6 is 0 Å². The Morgan fingerprint density at radius 2 is 1.89 bits per heavy atom. The summed E-state index contributed by atoms with van der Waals surface area (Å²) in [5, 5.41) is 2.81. The minimum absolute atomic E-state index is 0.0259. The van der Waals surface area contributed by atoms with E-state index in [0.29, 0.717) is 6.54 Å². The fourth-order valence-corrected chi connectivity index (χ4v) is 2.28. The summed E-state index contributed by atoms with van der Waals surface area (Å²) in [6.45, 7) is 0.665. The molecule has 1 heterocycles. The van der Waals surface area contributed by atoms with Crippen LogP contribution in [0.1, 0.15) is 15.9 Å². The van der Waals surface area contributed by atoms with Gasteiger partial charge in [-0.3, -0.25) is 4.79 Å². The molecule has 3 rings (SSSR count). The van der Waals surface area contributed by atoms with Gasteiger partial charge in [-0.2, -0.15) is 0 Å². The van der Waals surface area contributed by atoms with Gasteiger partial charge in [-0.15, -0.1) is 0 Å². The van der Waals surface area contributed by atoms with E-state index in [1.807, 2.05) is 24.3 Å². The number of hydrogen-bond donors (Lipinski definition) is 1. The normalized spacial score (nSPS) is 13.9. The second-order valence-electron chi connectivity index (χ2n) is 4.39. The predicted molar refractivity (Wildman–Crippen MR) is 67.9 cm³/mol. The third kappa shape index (κ3) is 1.88. The molecule has 1 aliphatic rings. The Morgan fingerprint density at radius 1 is 1.06 bits per heavy atom. The van der Waals surface area contributed by atoms with Crippen LogP contribution in [0.3, 0.4) is 0 Å². The summed E-state index contributed by atoms with van der Waals surface area (Å²) in [4.78, 5) is 11.6. The molecule has 0 saturated heterocycles. The van der Waals surface area contributed by atoms with Crippen LogP contribution in [0.4, 0.5) is 4.39 Å². The third-order valence-electron chi connectivity index (χ3n) is 3.19. The molecule has 2 aromatic rings. The molecule has 2 aromatic carbocycles. The zero-order valence-corrected chi connectivity index (χ0v) is 9.74. The van der Waals surface area contributed by atoms with Crippen molar-refractivity contribution in [2.45, 2.75) is 6.42 Å². The second kappa shape index (κ2) is 4.26. The van der Waals surface area contributed by atoms with E-state index in [4.69, 9.17) is 0 Å². The van der Waals surface area contributed by atoms with Crippen molar-refractivity contribution in [3.05, 3.63) is 59.4 Å². The van der Waals surface area contributed by atoms with Crippen LogP contribution in [-0.4, -0.2) is 12.5 Å². The summed E-state index contributed by atoms with van der Waals surface area (Å²) in [5.41, 5.74) is 3.54. The van der Waals surface area contributed by atoms with Crippen LogP contribution < -0.4 is 5.32 Å². The van der Waals surface area contributed by atoms with Crippen LogP contribution in [-0.2, 0) is 6.42 Å². The number of hydrogen-bond acceptors (Lipinski definition) is 1. The van der Waals surface area contributed by atoms with Gasteiger partial charge in [-0.25, -0.2) is 4.39 Å². The molecule has 0 radical (unpaired) electrons. The van der Waals surface area contributed by atoms with Crippen LogP contribution in [0.15, 0.2) is 42.5 Å². The average molecular weight is 241 g/mol. The highest BCUT2D eigenvalue weighted by molar-refractivity contribution is 5.97. The maximum atomic E-state index is 13.2. The molecule has 0 saturated carbocycles. The minimum Gasteiger partial charge on any atom is -0.352 e. The Labute approximate surface area is 104 Å². The Kier molecular flexibility index (Phi) is 2.59. The molecular formula is C15H12FNO. The zero-order chi connectivity index (χ0) is 12.5. The highest BCUT2D eigenvalue weighted by Crippen LogP contribution is 2.24. The SMILES string of the molecule is O=C1NCCc2cc(-c3cccc(F)c3)ccc21. The first kappa shape index (κ1) is 11.0. The molecule has 1 N–H and O–H groups in total. The maximum Gasteiger partial charge on any atom is 0.251 e. The highest BCUT2D eigenvalue weighted by Gasteiger charge is 2.16. The molecule has 1 amide bonds. The van der Waals surface area contributed by atoms with Gasteiger partial charge in [0.25, 0.3) is 5.91 Å². The van der Waals surface area contributed by atoms with Crippen molar-refractivity contribution in [2.75, 3.05) is 6.54 Å². The van der Waals surface area contributed by atoms with Gasteiger partial charge in [0.1, 0.15) is 5.82 Å². The van der Waals surface area contributed by atoms with Gasteiger partial charge in [-0.05, 0) is 41.3 Å². The van der Waals surface area contributed by atoms with Crippen molar-refractivity contribution < 1.29 is 9.18 Å². The van der Waals surface area contributed by atoms with E-state index < -0.39 is 0 Å². The Hall–Kier alpha value is -2.16. The molecule has 3 heteroatoms. The lowest BCUT2D eigenvalue weighted by atomic mass is 9.95. The molecule has 0 fully saturated rings. The number of rotatable bonds is 1. The summed E-state index contributed by atoms with van der Waals surface area (Å²) in [6, 6.07) is 12.1. The number of benzene rings is 2. The first-order valence-corrected chi connectivity index (χ1v) is 5.91. The van der Waals surface area contributed by atoms with Crippen LogP contribution in [0.5, 0.6) is 0 Å². The molecular weight excluding hydrogens is 229 g/mol. The van der Waals surface area contributed by atoms with Crippen LogP contribution in [0.25, 0.3) is 11.1 Å². The van der Waals surface area contributed by atoms with E-state index in [1.165, 1.54) is 12.1 Å². The molecule has 90 valence electrons. The van der Waals surface area contributed by atoms with Crippen molar-refractivity contribution in [3.63, 3.8) is 0 Å². The van der Waals surface area contributed by atoms with Gasteiger partial charge in [0, 0.05) is 12.1 Å². The molecule has 1 aliphatic heterocycles. The van der Waals surface area contributed by atoms with Gasteiger partial charge in [0.2, 0.25) is 0 Å². The van der Waals surface area contributed by atoms with Crippen molar-refractivity contribution in [1.82, 2.24) is 5.32 Å². The van der Waals surface area contributed by atoms with Gasteiger partial charge < -0.3 is 5.32 Å². The first-order valence-electron chi connectivity index (χ1n) is 5.91. The molecule has 0 bridgehead atoms. The van der Waals surface area contributed by atoms with E-state index in [9.17, 15) is 9.18 Å². The quantitative estimate of drug-likeness (QED) is 0.817. The summed E-state index contributed by atoms with van der Waals surface area (Å²) in [5.74, 6) is -0.273. The van der Waals surface area contributed by atoms with Crippen molar-refractivity contribution in [1.29, 1.82) is 0 Å². The standard InChI is InChI=1S/C15H12FNO/c16-13-3-1-2-10(9-13)11-4-5-14-12(8-11)6-7-17-15(14)18/h1-5,8-9H,6-7H2,(H,17,18). The Morgan fingerprint density at radius 3 is 2.72 bits per heavy atom. The fraction of sp³-hybridized carbons (Fsp3) is 0.133. The molecule has 0 aliphatic carbocycles. The van der Waals surface area contributed by atoms with E-state index >= 15 is 0 Å². The molecule has 2 nitrogen and oxygen atoms in total. The molecule has 18 heavy (non-hydrogen) atoms. The van der Waals surface area contributed by atoms with Gasteiger partial charge in [0.15, 0.2) is 0 Å². The summed E-state index contributed by atoms with van der Waals surface area (Å²) in [6.07, 6.45) is 0.824. The topological polar surface area (TPSA) is 29.1 Å². The van der Waals surface area contributed by atoms with Crippen molar-refractivity contribution in [3.8, 4) is 11.1 Å². The fourth-order valence-electron chi connectivity index (χ4n) is 2.28. The summed E-state index contributed by atoms with van der Waals surface area (Å²) < 4.78 is 13.2. The number of halogens is 1. The Balaban J connectivity index is 2.07. The first-order chi connectivity index (χ1) is 8.74. The highest BCUT2D eigenvalue weighted by atomic mass is 19.1. The van der Waals surface area contributed by atoms with E-state index in [-0.39, 0.29) is 11.7 Å². The smallest absolute Gasteiger partial charge is 0.251 e. The lowest BCUT2D eigenvalue weighted by Crippen LogP contribution is -2.31. The average Bonchev–Trinajstić information content (AvgIpc) is 2.39. The van der Waals surface area contributed by atoms with Crippen LogP contribution in [0.2, 0.25) is 0 Å². The number of carbonyl (C=O) groups excluding carboxylic acids is 1. The molecule has 0 spiro atoms. The molecule has 0 unspecified atom stereocenters. The van der Waals surface area contributed by atoms with Crippen molar-refractivity contribution >= 4 is 5.91 Å². The molecule has 0 atom stereocenters. The Bertz CT molecular complexity index is 622. The van der Waals surface area contributed by atoms with Gasteiger partial charge >= 0.3 is 0 Å². The monoisotopic (exact) mass is 241 g/mol. The van der Waals surface area contributed by atoms with E-state index in [1.54, 1.807) is 6.07 Å². The second-order valence-corrected chi connectivity index (χ2v) is 4.39. The zero-order valence-electron chi connectivity index (χ0n) is 9.74. The van der Waals surface area contributed by atoms with Crippen molar-refractivity contribution in [2.24, 2.45) is 0 Å².